The Morgan fingerprint density at radius 2 is 0.861 bits per heavy atom. The molecule has 0 fully saturated rings. The fourth-order valence-electron chi connectivity index (χ4n) is 4.40. The Hall–Kier alpha value is -3.62. The molecule has 0 aromatic heterocycles. The molecule has 4 rings (SSSR count). The van der Waals surface area contributed by atoms with E-state index >= 15 is 0 Å². The van der Waals surface area contributed by atoms with Crippen molar-refractivity contribution in [2.24, 2.45) is 0 Å². The number of nitro benzene ring substituents is 2. The summed E-state index contributed by atoms with van der Waals surface area (Å²) in [5, 5.41) is 22.8. The van der Waals surface area contributed by atoms with E-state index in [1.165, 1.54) is 35.7 Å². The molecule has 0 aliphatic carbocycles. The van der Waals surface area contributed by atoms with E-state index in [1.54, 1.807) is 36.4 Å². The zero-order chi connectivity index (χ0) is 26.0. The van der Waals surface area contributed by atoms with Gasteiger partial charge >= 0.3 is 0 Å². The van der Waals surface area contributed by atoms with Crippen molar-refractivity contribution in [2.45, 2.75) is 47.3 Å². The van der Waals surface area contributed by atoms with Crippen LogP contribution in [0, 0.1) is 47.9 Å². The summed E-state index contributed by atoms with van der Waals surface area (Å²) in [4.78, 5) is 25.2. The minimum atomic E-state index is -0.354. The Morgan fingerprint density at radius 3 is 1.17 bits per heavy atom. The molecule has 0 aliphatic rings. The molecule has 0 spiro atoms. The fraction of sp³-hybridized carbons (Fsp3) is 0.143. The Labute approximate surface area is 218 Å². The molecule has 6 nitrogen and oxygen atoms in total. The molecule has 0 unspecified atom stereocenters. The average Bonchev–Trinajstić information content (AvgIpc) is 2.81. The zero-order valence-corrected chi connectivity index (χ0v) is 21.9. The summed E-state index contributed by atoms with van der Waals surface area (Å²) in [6.45, 7) is 8.22. The van der Waals surface area contributed by atoms with Crippen LogP contribution in [0.5, 0.6) is 0 Å². The van der Waals surface area contributed by atoms with Gasteiger partial charge in [0, 0.05) is 21.9 Å². The molecular formula is C28H24N2O4S2. The maximum absolute atomic E-state index is 11.4. The quantitative estimate of drug-likeness (QED) is 0.180. The molecule has 0 saturated carbocycles. The van der Waals surface area contributed by atoms with Crippen LogP contribution in [0.15, 0.2) is 92.4 Å². The average molecular weight is 517 g/mol. The minimum absolute atomic E-state index is 0.0975. The molecule has 36 heavy (non-hydrogen) atoms. The molecule has 0 bridgehead atoms. The number of para-hydroxylation sites is 2. The molecule has 0 atom stereocenters. The lowest BCUT2D eigenvalue weighted by Gasteiger charge is -2.18. The predicted molar refractivity (Wildman–Crippen MR) is 145 cm³/mol. The molecular weight excluding hydrogens is 492 g/mol. The summed E-state index contributed by atoms with van der Waals surface area (Å²) < 4.78 is 0. The second kappa shape index (κ2) is 10.6. The molecule has 4 aromatic carbocycles. The maximum Gasteiger partial charge on any atom is 0.283 e. The van der Waals surface area contributed by atoms with Crippen LogP contribution in [-0.2, 0) is 0 Å². The summed E-state index contributed by atoms with van der Waals surface area (Å²) in [6, 6.07) is 21.8. The van der Waals surface area contributed by atoms with E-state index in [2.05, 4.69) is 52.0 Å². The van der Waals surface area contributed by atoms with E-state index in [4.69, 9.17) is 0 Å². The van der Waals surface area contributed by atoms with Gasteiger partial charge in [0.2, 0.25) is 0 Å². The van der Waals surface area contributed by atoms with E-state index in [0.29, 0.717) is 9.79 Å². The number of aryl methyl sites for hydroxylation is 4. The van der Waals surface area contributed by atoms with Gasteiger partial charge in [-0.1, -0.05) is 47.8 Å². The van der Waals surface area contributed by atoms with Gasteiger partial charge in [0.25, 0.3) is 11.4 Å². The summed E-state index contributed by atoms with van der Waals surface area (Å²) >= 11 is 2.78. The van der Waals surface area contributed by atoms with Crippen LogP contribution in [0.3, 0.4) is 0 Å². The van der Waals surface area contributed by atoms with Crippen molar-refractivity contribution in [2.75, 3.05) is 0 Å². The second-order valence-corrected chi connectivity index (χ2v) is 10.7. The van der Waals surface area contributed by atoms with Crippen LogP contribution >= 0.6 is 23.5 Å². The second-order valence-electron chi connectivity index (χ2n) is 8.52. The van der Waals surface area contributed by atoms with Gasteiger partial charge in [-0.25, -0.2) is 0 Å². The van der Waals surface area contributed by atoms with Gasteiger partial charge in [-0.05, 0) is 97.5 Å². The van der Waals surface area contributed by atoms with Crippen LogP contribution in [0.4, 0.5) is 11.4 Å². The zero-order valence-electron chi connectivity index (χ0n) is 20.3. The third-order valence-electron chi connectivity index (χ3n) is 5.84. The number of nitro groups is 2. The fourth-order valence-corrected chi connectivity index (χ4v) is 6.63. The molecule has 0 radical (unpaired) electrons. The van der Waals surface area contributed by atoms with Gasteiger partial charge in [0.05, 0.1) is 19.6 Å². The lowest BCUT2D eigenvalue weighted by molar-refractivity contribution is -0.387. The molecule has 0 saturated heterocycles. The van der Waals surface area contributed by atoms with Gasteiger partial charge < -0.3 is 0 Å². The first kappa shape index (κ1) is 25.5. The van der Waals surface area contributed by atoms with Crippen LogP contribution in [0.25, 0.3) is 11.1 Å². The van der Waals surface area contributed by atoms with Gasteiger partial charge in [-0.3, -0.25) is 20.2 Å². The highest BCUT2D eigenvalue weighted by Gasteiger charge is 2.19. The van der Waals surface area contributed by atoms with Crippen LogP contribution in [0.2, 0.25) is 0 Å². The minimum Gasteiger partial charge on any atom is -0.258 e. The van der Waals surface area contributed by atoms with Crippen LogP contribution in [0.1, 0.15) is 22.3 Å². The normalized spacial score (nSPS) is 10.9. The Kier molecular flexibility index (Phi) is 7.47. The smallest absolute Gasteiger partial charge is 0.258 e. The highest BCUT2D eigenvalue weighted by molar-refractivity contribution is 7.99. The van der Waals surface area contributed by atoms with Gasteiger partial charge in [0.15, 0.2) is 0 Å². The van der Waals surface area contributed by atoms with Crippen molar-refractivity contribution in [3.8, 4) is 11.1 Å². The van der Waals surface area contributed by atoms with Crippen molar-refractivity contribution in [3.63, 3.8) is 0 Å². The van der Waals surface area contributed by atoms with Crippen LogP contribution in [-0.4, -0.2) is 9.85 Å². The van der Waals surface area contributed by atoms with E-state index in [1.807, 2.05) is 0 Å². The Morgan fingerprint density at radius 1 is 0.556 bits per heavy atom. The number of nitrogens with zero attached hydrogens (tertiary/aromatic N) is 2. The van der Waals surface area contributed by atoms with Crippen molar-refractivity contribution >= 4 is 34.9 Å². The first-order valence-electron chi connectivity index (χ1n) is 11.2. The summed E-state index contributed by atoms with van der Waals surface area (Å²) in [7, 11) is 0. The highest BCUT2D eigenvalue weighted by atomic mass is 32.2. The SMILES string of the molecule is Cc1cc(Sc2ccccc2[N+](=O)[O-])cc(C)c1-c1c(C)cc(Sc2ccccc2[N+](=O)[O-])cc1C. The summed E-state index contributed by atoms with van der Waals surface area (Å²) in [5.74, 6) is 0. The van der Waals surface area contributed by atoms with E-state index in [-0.39, 0.29) is 21.2 Å². The van der Waals surface area contributed by atoms with Gasteiger partial charge in [0.1, 0.15) is 0 Å². The largest absolute Gasteiger partial charge is 0.283 e. The lowest BCUT2D eigenvalue weighted by atomic mass is 9.89. The first-order valence-corrected chi connectivity index (χ1v) is 12.8. The maximum atomic E-state index is 11.4. The standard InChI is InChI=1S/C28H24N2O4S2/c1-17-13-21(35-25-11-7-5-9-23(25)29(31)32)14-18(2)27(17)28-19(3)15-22(16-20(28)4)36-26-12-8-6-10-24(26)30(33)34/h5-16H,1-4H3. The molecule has 8 heteroatoms. The molecule has 4 aromatic rings. The van der Waals surface area contributed by atoms with Crippen molar-refractivity contribution in [1.29, 1.82) is 0 Å². The molecule has 182 valence electrons. The summed E-state index contributed by atoms with van der Waals surface area (Å²) in [6.07, 6.45) is 0. The lowest BCUT2D eigenvalue weighted by Crippen LogP contribution is -1.96. The topological polar surface area (TPSA) is 86.3 Å². The third-order valence-corrected chi connectivity index (χ3v) is 7.92. The number of benzene rings is 4. The van der Waals surface area contributed by atoms with E-state index < -0.39 is 0 Å². The first-order chi connectivity index (χ1) is 17.2. The molecule has 0 heterocycles. The highest BCUT2D eigenvalue weighted by Crippen LogP contribution is 2.42. The van der Waals surface area contributed by atoms with Crippen molar-refractivity contribution < 1.29 is 9.85 Å². The third kappa shape index (κ3) is 5.29. The van der Waals surface area contributed by atoms with Crippen molar-refractivity contribution in [1.82, 2.24) is 0 Å². The van der Waals surface area contributed by atoms with Crippen LogP contribution < -0.4 is 0 Å². The monoisotopic (exact) mass is 516 g/mol. The Bertz CT molecular complexity index is 1340. The van der Waals surface area contributed by atoms with Gasteiger partial charge in [-0.15, -0.1) is 0 Å². The van der Waals surface area contributed by atoms with E-state index in [0.717, 1.165) is 43.2 Å². The van der Waals surface area contributed by atoms with E-state index in [9.17, 15) is 20.2 Å². The molecule has 0 amide bonds. The summed E-state index contributed by atoms with van der Waals surface area (Å²) in [5.41, 5.74) is 6.81. The van der Waals surface area contributed by atoms with Crippen molar-refractivity contribution in [3.05, 3.63) is 115 Å². The predicted octanol–water partition coefficient (Wildman–Crippen LogP) is 8.71. The molecule has 0 N–H and O–H groups in total. The number of hydrogen-bond acceptors (Lipinski definition) is 6. The Balaban J connectivity index is 1.69. The number of rotatable bonds is 7. The number of hydrogen-bond donors (Lipinski definition) is 0. The van der Waals surface area contributed by atoms with Gasteiger partial charge in [-0.2, -0.15) is 0 Å². The molecule has 0 aliphatic heterocycles.